The summed E-state index contributed by atoms with van der Waals surface area (Å²) in [6.45, 7) is 2.69. The second-order valence-corrected chi connectivity index (χ2v) is 8.12. The first kappa shape index (κ1) is 20.9. The van der Waals surface area contributed by atoms with E-state index < -0.39 is 0 Å². The molecule has 0 fully saturated rings. The monoisotopic (exact) mass is 429 g/mol. The predicted molar refractivity (Wildman–Crippen MR) is 126 cm³/mol. The van der Waals surface area contributed by atoms with Crippen molar-refractivity contribution < 1.29 is 14.3 Å². The zero-order valence-corrected chi connectivity index (χ0v) is 18.1. The van der Waals surface area contributed by atoms with Crippen molar-refractivity contribution in [2.75, 3.05) is 11.5 Å². The molecule has 0 aliphatic carbocycles. The van der Waals surface area contributed by atoms with Crippen molar-refractivity contribution in [3.05, 3.63) is 101 Å². The van der Waals surface area contributed by atoms with Gasteiger partial charge in [-0.05, 0) is 41.8 Å². The van der Waals surface area contributed by atoms with Gasteiger partial charge < -0.3 is 4.74 Å². The average molecular weight is 430 g/mol. The lowest BCUT2D eigenvalue weighted by molar-refractivity contribution is -0.119. The van der Waals surface area contributed by atoms with Crippen LogP contribution in [0.4, 0.5) is 5.69 Å². The summed E-state index contributed by atoms with van der Waals surface area (Å²) in [6, 6.07) is 26.4. The molecule has 0 spiro atoms. The molecule has 0 aromatic heterocycles. The summed E-state index contributed by atoms with van der Waals surface area (Å²) in [5.41, 5.74) is 2.84. The van der Waals surface area contributed by atoms with Crippen LogP contribution in [0.2, 0.25) is 0 Å². The molecule has 4 nitrogen and oxygen atoms in total. The third-order valence-electron chi connectivity index (χ3n) is 4.90. The molecule has 0 radical (unpaired) electrons. The number of rotatable bonds is 8. The van der Waals surface area contributed by atoms with Crippen LogP contribution in [0.1, 0.15) is 24.5 Å². The van der Waals surface area contributed by atoms with Crippen molar-refractivity contribution >= 4 is 34.8 Å². The number of para-hydroxylation sites is 1. The summed E-state index contributed by atoms with van der Waals surface area (Å²) in [4.78, 5) is 28.5. The molecule has 1 aliphatic heterocycles. The minimum atomic E-state index is -0.297. The summed E-state index contributed by atoms with van der Waals surface area (Å²) in [7, 11) is 0. The van der Waals surface area contributed by atoms with Crippen LogP contribution in [0.15, 0.2) is 89.8 Å². The van der Waals surface area contributed by atoms with Crippen LogP contribution in [0.25, 0.3) is 5.57 Å². The Morgan fingerprint density at radius 3 is 2.10 bits per heavy atom. The van der Waals surface area contributed by atoms with Crippen LogP contribution >= 0.6 is 11.8 Å². The summed E-state index contributed by atoms with van der Waals surface area (Å²) in [6.07, 6.45) is 0.923. The number of benzene rings is 3. The van der Waals surface area contributed by atoms with E-state index in [1.807, 2.05) is 72.8 Å². The lowest BCUT2D eigenvalue weighted by Gasteiger charge is -2.15. The van der Waals surface area contributed by atoms with E-state index in [0.29, 0.717) is 28.5 Å². The van der Waals surface area contributed by atoms with Crippen molar-refractivity contribution in [3.63, 3.8) is 0 Å². The minimum absolute atomic E-state index is 0.279. The summed E-state index contributed by atoms with van der Waals surface area (Å²) in [5.74, 6) is 0.785. The summed E-state index contributed by atoms with van der Waals surface area (Å²) < 4.78 is 5.66. The number of carbonyl (C=O) groups is 2. The van der Waals surface area contributed by atoms with Crippen molar-refractivity contribution in [1.29, 1.82) is 0 Å². The molecule has 1 aliphatic rings. The molecule has 3 aromatic rings. The van der Waals surface area contributed by atoms with Gasteiger partial charge in [-0.15, -0.1) is 11.8 Å². The highest BCUT2D eigenvalue weighted by Crippen LogP contribution is 2.39. The Morgan fingerprint density at radius 2 is 1.45 bits per heavy atom. The molecule has 1 heterocycles. The normalized spacial score (nSPS) is 13.8. The van der Waals surface area contributed by atoms with Crippen LogP contribution in [0.5, 0.6) is 5.75 Å². The van der Waals surface area contributed by atoms with E-state index in [1.54, 1.807) is 12.1 Å². The first-order chi connectivity index (χ1) is 15.2. The minimum Gasteiger partial charge on any atom is -0.494 e. The van der Waals surface area contributed by atoms with Crippen LogP contribution in [-0.4, -0.2) is 18.4 Å². The van der Waals surface area contributed by atoms with Gasteiger partial charge in [0.15, 0.2) is 0 Å². The van der Waals surface area contributed by atoms with Gasteiger partial charge in [-0.2, -0.15) is 0 Å². The highest BCUT2D eigenvalue weighted by molar-refractivity contribution is 8.03. The average Bonchev–Trinajstić information content (AvgIpc) is 3.07. The fraction of sp³-hybridized carbons (Fsp3) is 0.154. The number of amides is 2. The molecule has 4 rings (SSSR count). The molecular weight excluding hydrogens is 406 g/mol. The fourth-order valence-electron chi connectivity index (χ4n) is 3.38. The summed E-state index contributed by atoms with van der Waals surface area (Å²) in [5, 5.41) is 0. The first-order valence-corrected chi connectivity index (χ1v) is 11.3. The van der Waals surface area contributed by atoms with Gasteiger partial charge in [-0.25, -0.2) is 4.90 Å². The quantitative estimate of drug-likeness (QED) is 0.431. The third-order valence-corrected chi connectivity index (χ3v) is 6.04. The standard InChI is InChI=1S/C26H23NO3S/c1-2-17-30-22-15-13-20(14-16-22)23-24(31-18-19-9-5-3-6-10-19)26(29)27(25(23)28)21-11-7-4-8-12-21/h3-16H,2,17-18H2,1H3. The van der Waals surface area contributed by atoms with E-state index in [2.05, 4.69) is 6.92 Å². The molecule has 156 valence electrons. The van der Waals surface area contributed by atoms with Gasteiger partial charge in [0, 0.05) is 5.75 Å². The largest absolute Gasteiger partial charge is 0.494 e. The van der Waals surface area contributed by atoms with E-state index in [9.17, 15) is 9.59 Å². The number of anilines is 1. The Morgan fingerprint density at radius 1 is 0.806 bits per heavy atom. The molecule has 2 amide bonds. The van der Waals surface area contributed by atoms with Crippen LogP contribution in [0.3, 0.4) is 0 Å². The van der Waals surface area contributed by atoms with Gasteiger partial charge in [0.1, 0.15) is 5.75 Å². The van der Waals surface area contributed by atoms with Gasteiger partial charge in [0.25, 0.3) is 11.8 Å². The van der Waals surface area contributed by atoms with Crippen molar-refractivity contribution in [2.24, 2.45) is 0 Å². The maximum atomic E-state index is 13.4. The maximum Gasteiger partial charge on any atom is 0.272 e. The van der Waals surface area contributed by atoms with Crippen molar-refractivity contribution in [1.82, 2.24) is 0 Å². The zero-order chi connectivity index (χ0) is 21.6. The van der Waals surface area contributed by atoms with Crippen molar-refractivity contribution in [2.45, 2.75) is 19.1 Å². The number of nitrogens with zero attached hydrogens (tertiary/aromatic N) is 1. The highest BCUT2D eigenvalue weighted by Gasteiger charge is 2.40. The van der Waals surface area contributed by atoms with Crippen LogP contribution < -0.4 is 9.64 Å². The van der Waals surface area contributed by atoms with Crippen LogP contribution in [0, 0.1) is 0 Å². The van der Waals surface area contributed by atoms with Gasteiger partial charge >= 0.3 is 0 Å². The number of imide groups is 1. The molecule has 3 aromatic carbocycles. The molecule has 0 atom stereocenters. The molecular formula is C26H23NO3S. The first-order valence-electron chi connectivity index (χ1n) is 10.3. The van der Waals surface area contributed by atoms with Crippen molar-refractivity contribution in [3.8, 4) is 5.75 Å². The van der Waals surface area contributed by atoms with E-state index in [0.717, 1.165) is 23.3 Å². The number of hydrogen-bond acceptors (Lipinski definition) is 4. The Bertz CT molecular complexity index is 1090. The van der Waals surface area contributed by atoms with Crippen LogP contribution in [-0.2, 0) is 15.3 Å². The molecule has 31 heavy (non-hydrogen) atoms. The Balaban J connectivity index is 1.69. The third kappa shape index (κ3) is 4.57. The Kier molecular flexibility index (Phi) is 6.53. The Labute approximate surface area is 186 Å². The van der Waals surface area contributed by atoms with E-state index in [4.69, 9.17) is 4.74 Å². The SMILES string of the molecule is CCCOc1ccc(C2=C(SCc3ccccc3)C(=O)N(c3ccccc3)C2=O)cc1. The predicted octanol–water partition coefficient (Wildman–Crippen LogP) is 5.69. The molecule has 5 heteroatoms. The van der Waals surface area contributed by atoms with Gasteiger partial charge in [-0.3, -0.25) is 9.59 Å². The molecule has 0 saturated carbocycles. The number of thioether (sulfide) groups is 1. The van der Waals surface area contributed by atoms with E-state index >= 15 is 0 Å². The second-order valence-electron chi connectivity index (χ2n) is 7.13. The van der Waals surface area contributed by atoms with E-state index in [-0.39, 0.29) is 11.8 Å². The Hall–Kier alpha value is -3.31. The topological polar surface area (TPSA) is 46.6 Å². The molecule has 0 saturated heterocycles. The smallest absolute Gasteiger partial charge is 0.272 e. The zero-order valence-electron chi connectivity index (χ0n) is 17.3. The number of carbonyl (C=O) groups excluding carboxylic acids is 2. The fourth-order valence-corrected chi connectivity index (χ4v) is 4.44. The second kappa shape index (κ2) is 9.67. The lowest BCUT2D eigenvalue weighted by atomic mass is 10.1. The number of hydrogen-bond donors (Lipinski definition) is 0. The summed E-state index contributed by atoms with van der Waals surface area (Å²) >= 11 is 1.40. The molecule has 0 unspecified atom stereocenters. The van der Waals surface area contributed by atoms with Gasteiger partial charge in [0.2, 0.25) is 0 Å². The lowest BCUT2D eigenvalue weighted by Crippen LogP contribution is -2.31. The van der Waals surface area contributed by atoms with Gasteiger partial charge in [-0.1, -0.05) is 67.6 Å². The maximum absolute atomic E-state index is 13.4. The molecule has 0 N–H and O–H groups in total. The van der Waals surface area contributed by atoms with Gasteiger partial charge in [0.05, 0.1) is 22.8 Å². The molecule has 0 bridgehead atoms. The van der Waals surface area contributed by atoms with E-state index in [1.165, 1.54) is 16.7 Å². The number of ether oxygens (including phenoxy) is 1. The highest BCUT2D eigenvalue weighted by atomic mass is 32.2.